The summed E-state index contributed by atoms with van der Waals surface area (Å²) in [5, 5.41) is 4.56. The zero-order valence-corrected chi connectivity index (χ0v) is 21.1. The van der Waals surface area contributed by atoms with Crippen LogP contribution >= 0.6 is 0 Å². The van der Waals surface area contributed by atoms with Crippen LogP contribution in [0.4, 0.5) is 23.2 Å². The Morgan fingerprint density at radius 3 is 2.38 bits per heavy atom. The summed E-state index contributed by atoms with van der Waals surface area (Å²) in [6.45, 7) is 4.18. The molecule has 0 radical (unpaired) electrons. The lowest BCUT2D eigenvalue weighted by Gasteiger charge is -2.26. The van der Waals surface area contributed by atoms with Crippen molar-refractivity contribution < 1.29 is 35.6 Å². The molecule has 3 rings (SSSR count). The molecule has 0 bridgehead atoms. The number of sulfone groups is 1. The zero-order valence-electron chi connectivity index (χ0n) is 20.2. The number of halogens is 4. The number of aromatic nitrogens is 1. The number of allylic oxidation sites excluding steroid dienone is 3. The molecule has 12 heteroatoms. The highest BCUT2D eigenvalue weighted by molar-refractivity contribution is 7.91. The van der Waals surface area contributed by atoms with Crippen LogP contribution in [-0.2, 0) is 31.3 Å². The number of hydrogen-bond acceptors (Lipinski definition) is 5. The largest absolute Gasteiger partial charge is 0.326 e. The Morgan fingerprint density at radius 1 is 1.11 bits per heavy atom. The molecule has 2 aromatic rings. The number of anilines is 1. The summed E-state index contributed by atoms with van der Waals surface area (Å²) in [5.41, 5.74) is -2.10. The lowest BCUT2D eigenvalue weighted by atomic mass is 9.83. The molecule has 1 heterocycles. The molecule has 1 atom stereocenters. The molecule has 1 aromatic carbocycles. The van der Waals surface area contributed by atoms with Gasteiger partial charge in [0.15, 0.2) is 9.84 Å². The van der Waals surface area contributed by atoms with Gasteiger partial charge in [-0.3, -0.25) is 14.6 Å². The molecule has 0 fully saturated rings. The van der Waals surface area contributed by atoms with Crippen LogP contribution in [0, 0.1) is 5.82 Å². The highest BCUT2D eigenvalue weighted by Crippen LogP contribution is 2.31. The average Bonchev–Trinajstić information content (AvgIpc) is 2.81. The monoisotopic (exact) mass is 539 g/mol. The third-order valence-electron chi connectivity index (χ3n) is 5.82. The van der Waals surface area contributed by atoms with Gasteiger partial charge in [-0.2, -0.15) is 0 Å². The Hall–Kier alpha value is -3.54. The fraction of sp³-hybridized carbons (Fsp3) is 0.320. The SMILES string of the molecule is CCS(=O)(=O)c1ccc(CC(=O)Nc2ccc(C(C)(C)C(=O)NC3=C(F)CC(F)C=C3F)c(F)c2)nc1. The standard InChI is InChI=1S/C25H25F4N3O4S/c1-4-37(35,36)17-7-5-15(30-13-17)12-22(33)31-16-6-8-18(19(27)11-16)25(2,3)24(34)32-23-20(28)9-14(26)10-21(23)29/h5-9,11,13-14H,4,10,12H2,1-3H3,(H,31,33)(H,32,34). The number of nitrogens with one attached hydrogen (secondary N) is 2. The van der Waals surface area contributed by atoms with Crippen LogP contribution in [0.5, 0.6) is 0 Å². The first-order valence-corrected chi connectivity index (χ1v) is 12.9. The maximum Gasteiger partial charge on any atom is 0.234 e. The first kappa shape index (κ1) is 28.0. The number of alkyl halides is 1. The van der Waals surface area contributed by atoms with E-state index in [-0.39, 0.29) is 28.3 Å². The number of carbonyl (C=O) groups excluding carboxylic acids is 2. The van der Waals surface area contributed by atoms with Gasteiger partial charge in [0.25, 0.3) is 0 Å². The summed E-state index contributed by atoms with van der Waals surface area (Å²) < 4.78 is 79.9. The van der Waals surface area contributed by atoms with E-state index in [9.17, 15) is 35.6 Å². The summed E-state index contributed by atoms with van der Waals surface area (Å²) in [6.07, 6.45) is -1.06. The molecule has 0 saturated carbocycles. The van der Waals surface area contributed by atoms with Gasteiger partial charge in [-0.25, -0.2) is 26.0 Å². The average molecular weight is 540 g/mol. The molecule has 2 N–H and O–H groups in total. The van der Waals surface area contributed by atoms with E-state index in [0.29, 0.717) is 11.8 Å². The summed E-state index contributed by atoms with van der Waals surface area (Å²) in [5.74, 6) is -4.83. The van der Waals surface area contributed by atoms with Gasteiger partial charge in [0.1, 0.15) is 29.3 Å². The summed E-state index contributed by atoms with van der Waals surface area (Å²) in [4.78, 5) is 29.1. The third kappa shape index (κ3) is 6.43. The smallest absolute Gasteiger partial charge is 0.234 e. The van der Waals surface area contributed by atoms with Crippen molar-refractivity contribution in [2.24, 2.45) is 0 Å². The molecule has 1 unspecified atom stereocenters. The highest BCUT2D eigenvalue weighted by Gasteiger charge is 2.35. The van der Waals surface area contributed by atoms with E-state index in [1.807, 2.05) is 0 Å². The Bertz CT molecular complexity index is 1390. The zero-order chi connectivity index (χ0) is 27.5. The Kier molecular flexibility index (Phi) is 8.21. The van der Waals surface area contributed by atoms with E-state index >= 15 is 0 Å². The maximum atomic E-state index is 14.9. The van der Waals surface area contributed by atoms with Crippen LogP contribution in [0.3, 0.4) is 0 Å². The van der Waals surface area contributed by atoms with Gasteiger partial charge < -0.3 is 10.6 Å². The summed E-state index contributed by atoms with van der Waals surface area (Å²) >= 11 is 0. The normalized spacial score (nSPS) is 16.3. The van der Waals surface area contributed by atoms with Crippen LogP contribution in [0.1, 0.15) is 38.4 Å². The third-order valence-corrected chi connectivity index (χ3v) is 7.54. The molecule has 0 spiro atoms. The lowest BCUT2D eigenvalue weighted by molar-refractivity contribution is -0.125. The highest BCUT2D eigenvalue weighted by atomic mass is 32.2. The second kappa shape index (κ2) is 10.8. The first-order chi connectivity index (χ1) is 17.2. The van der Waals surface area contributed by atoms with Crippen molar-refractivity contribution in [3.8, 4) is 0 Å². The number of pyridine rings is 1. The number of carbonyl (C=O) groups is 2. The van der Waals surface area contributed by atoms with Crippen molar-refractivity contribution in [1.82, 2.24) is 10.3 Å². The molecule has 7 nitrogen and oxygen atoms in total. The lowest BCUT2D eigenvalue weighted by Crippen LogP contribution is -2.41. The molecule has 0 aliphatic heterocycles. The molecule has 1 aliphatic rings. The number of rotatable bonds is 8. The van der Waals surface area contributed by atoms with Gasteiger partial charge in [-0.1, -0.05) is 13.0 Å². The number of hydrogen-bond donors (Lipinski definition) is 2. The van der Waals surface area contributed by atoms with Gasteiger partial charge in [-0.05, 0) is 44.2 Å². The van der Waals surface area contributed by atoms with E-state index in [1.54, 1.807) is 0 Å². The molecule has 198 valence electrons. The van der Waals surface area contributed by atoms with Crippen molar-refractivity contribution in [3.63, 3.8) is 0 Å². The second-order valence-corrected chi connectivity index (χ2v) is 11.2. The van der Waals surface area contributed by atoms with E-state index in [1.165, 1.54) is 45.0 Å². The predicted octanol–water partition coefficient (Wildman–Crippen LogP) is 4.37. The first-order valence-electron chi connectivity index (χ1n) is 11.2. The summed E-state index contributed by atoms with van der Waals surface area (Å²) in [6, 6.07) is 6.35. The van der Waals surface area contributed by atoms with Crippen LogP contribution in [-0.4, -0.2) is 37.1 Å². The second-order valence-electron chi connectivity index (χ2n) is 8.90. The van der Waals surface area contributed by atoms with Gasteiger partial charge in [0.05, 0.1) is 22.5 Å². The molecular formula is C25H25F4N3O4S. The van der Waals surface area contributed by atoms with Crippen LogP contribution < -0.4 is 10.6 Å². The minimum absolute atomic E-state index is 0.0383. The van der Waals surface area contributed by atoms with Gasteiger partial charge in [-0.15, -0.1) is 0 Å². The van der Waals surface area contributed by atoms with Crippen molar-refractivity contribution in [2.75, 3.05) is 11.1 Å². The Balaban J connectivity index is 1.69. The van der Waals surface area contributed by atoms with E-state index in [2.05, 4.69) is 15.6 Å². The topological polar surface area (TPSA) is 105 Å². The molecule has 37 heavy (non-hydrogen) atoms. The van der Waals surface area contributed by atoms with Crippen LogP contribution in [0.2, 0.25) is 0 Å². The van der Waals surface area contributed by atoms with E-state index in [4.69, 9.17) is 0 Å². The number of nitrogens with zero attached hydrogens (tertiary/aromatic N) is 1. The number of amides is 2. The molecule has 0 saturated heterocycles. The predicted molar refractivity (Wildman–Crippen MR) is 129 cm³/mol. The van der Waals surface area contributed by atoms with Gasteiger partial charge in [0, 0.05) is 29.6 Å². The van der Waals surface area contributed by atoms with Crippen LogP contribution in [0.25, 0.3) is 0 Å². The van der Waals surface area contributed by atoms with Gasteiger partial charge >= 0.3 is 0 Å². The number of benzene rings is 1. The fourth-order valence-electron chi connectivity index (χ4n) is 3.56. The minimum Gasteiger partial charge on any atom is -0.326 e. The molecule has 1 aliphatic carbocycles. The molecule has 1 aromatic heterocycles. The fourth-order valence-corrected chi connectivity index (χ4v) is 4.38. The van der Waals surface area contributed by atoms with Crippen LogP contribution in [0.15, 0.2) is 64.9 Å². The van der Waals surface area contributed by atoms with Gasteiger partial charge in [0.2, 0.25) is 11.8 Å². The maximum absolute atomic E-state index is 14.9. The molecular weight excluding hydrogens is 514 g/mol. The summed E-state index contributed by atoms with van der Waals surface area (Å²) in [7, 11) is -3.43. The van der Waals surface area contributed by atoms with Crippen molar-refractivity contribution in [1.29, 1.82) is 0 Å². The quantitative estimate of drug-likeness (QED) is 0.485. The van der Waals surface area contributed by atoms with Crippen molar-refractivity contribution in [3.05, 3.63) is 77.0 Å². The van der Waals surface area contributed by atoms with E-state index in [0.717, 1.165) is 12.3 Å². The van der Waals surface area contributed by atoms with Crippen molar-refractivity contribution in [2.45, 2.75) is 50.1 Å². The Labute approximate surface area is 211 Å². The Morgan fingerprint density at radius 2 is 1.81 bits per heavy atom. The molecule has 2 amide bonds. The minimum atomic E-state index is -3.43. The van der Waals surface area contributed by atoms with E-state index < -0.39 is 62.8 Å². The van der Waals surface area contributed by atoms with Crippen molar-refractivity contribution >= 4 is 27.3 Å².